The summed E-state index contributed by atoms with van der Waals surface area (Å²) in [6.07, 6.45) is 0.325. The van der Waals surface area contributed by atoms with Crippen LogP contribution in [0.5, 0.6) is 0 Å². The summed E-state index contributed by atoms with van der Waals surface area (Å²) in [5.41, 5.74) is 0.738. The molecule has 4 heteroatoms. The van der Waals surface area contributed by atoms with Crippen LogP contribution >= 0.6 is 35.0 Å². The van der Waals surface area contributed by atoms with Crippen molar-refractivity contribution in [3.8, 4) is 0 Å². The predicted octanol–water partition coefficient (Wildman–Crippen LogP) is 3.86. The Kier molecular flexibility index (Phi) is 5.51. The molecule has 0 aliphatic heterocycles. The van der Waals surface area contributed by atoms with Gasteiger partial charge in [-0.1, -0.05) is 36.2 Å². The molecule has 15 heavy (non-hydrogen) atoms. The zero-order valence-electron chi connectivity index (χ0n) is 8.43. The molecule has 0 aliphatic rings. The fraction of sp³-hybridized carbons (Fsp3) is 0.364. The van der Waals surface area contributed by atoms with Gasteiger partial charge in [-0.25, -0.2) is 0 Å². The summed E-state index contributed by atoms with van der Waals surface area (Å²) in [6.45, 7) is 2.03. The summed E-state index contributed by atoms with van der Waals surface area (Å²) in [5, 5.41) is 1.13. The number of carbonyl (C=O) groups excluding carboxylic acids is 1. The van der Waals surface area contributed by atoms with Gasteiger partial charge in [0.05, 0.1) is 5.75 Å². The minimum atomic E-state index is 0.164. The molecule has 0 fully saturated rings. The van der Waals surface area contributed by atoms with Gasteiger partial charge in [-0.15, -0.1) is 0 Å². The second-order valence-electron chi connectivity index (χ2n) is 3.05. The smallest absolute Gasteiger partial charge is 0.147 e. The van der Waals surface area contributed by atoms with Crippen LogP contribution in [0.3, 0.4) is 0 Å². The monoisotopic (exact) mass is 262 g/mol. The van der Waals surface area contributed by atoms with Crippen LogP contribution in [-0.4, -0.2) is 17.3 Å². The minimum absolute atomic E-state index is 0.164. The maximum Gasteiger partial charge on any atom is 0.147 e. The minimum Gasteiger partial charge on any atom is -0.298 e. The molecule has 1 nitrogen and oxygen atoms in total. The van der Waals surface area contributed by atoms with Crippen molar-refractivity contribution in [1.29, 1.82) is 0 Å². The van der Waals surface area contributed by atoms with E-state index in [2.05, 4.69) is 0 Å². The number of hydrogen-bond acceptors (Lipinski definition) is 2. The topological polar surface area (TPSA) is 17.1 Å². The predicted molar refractivity (Wildman–Crippen MR) is 68.2 cm³/mol. The van der Waals surface area contributed by atoms with Crippen LogP contribution in [0.2, 0.25) is 10.0 Å². The highest BCUT2D eigenvalue weighted by Crippen LogP contribution is 2.25. The molecule has 0 spiro atoms. The molecular weight excluding hydrogens is 251 g/mol. The Balaban J connectivity index is 2.68. The average molecular weight is 263 g/mol. The molecule has 1 rings (SSSR count). The molecule has 1 aromatic carbocycles. The third-order valence-electron chi connectivity index (χ3n) is 1.90. The summed E-state index contributed by atoms with van der Waals surface area (Å²) in [7, 11) is 0. The summed E-state index contributed by atoms with van der Waals surface area (Å²) in [5.74, 6) is 1.64. The van der Waals surface area contributed by atoms with Crippen molar-refractivity contribution >= 4 is 40.7 Å². The Bertz CT molecular complexity index is 332. The lowest BCUT2D eigenvalue weighted by atomic mass is 10.1. The van der Waals surface area contributed by atoms with Crippen molar-refractivity contribution in [2.24, 2.45) is 0 Å². The molecular formula is C11H12Cl2OS. The molecule has 0 heterocycles. The molecule has 0 N–H and O–H groups in total. The van der Waals surface area contributed by atoms with Crippen molar-refractivity contribution < 1.29 is 4.79 Å². The number of ketones is 1. The van der Waals surface area contributed by atoms with Gasteiger partial charge in [-0.2, -0.15) is 11.8 Å². The third kappa shape index (κ3) is 4.06. The second-order valence-corrected chi connectivity index (χ2v) is 5.14. The van der Waals surface area contributed by atoms with Crippen molar-refractivity contribution in [3.63, 3.8) is 0 Å². The molecule has 0 radical (unpaired) electrons. The number of halogens is 2. The maximum absolute atomic E-state index is 11.5. The zero-order valence-corrected chi connectivity index (χ0v) is 10.8. The van der Waals surface area contributed by atoms with Crippen molar-refractivity contribution in [2.75, 3.05) is 11.5 Å². The Morgan fingerprint density at radius 3 is 2.47 bits per heavy atom. The van der Waals surface area contributed by atoms with E-state index < -0.39 is 0 Å². The highest BCUT2D eigenvalue weighted by atomic mass is 35.5. The summed E-state index contributed by atoms with van der Waals surface area (Å²) in [6, 6.07) is 5.28. The van der Waals surface area contributed by atoms with Gasteiger partial charge >= 0.3 is 0 Å². The van der Waals surface area contributed by atoms with Crippen LogP contribution < -0.4 is 0 Å². The molecule has 0 aromatic heterocycles. The number of thioether (sulfide) groups is 1. The number of benzene rings is 1. The van der Waals surface area contributed by atoms with Gasteiger partial charge in [-0.05, 0) is 23.4 Å². The first-order valence-corrected chi connectivity index (χ1v) is 6.58. The quantitative estimate of drug-likeness (QED) is 0.802. The van der Waals surface area contributed by atoms with Crippen LogP contribution in [0.15, 0.2) is 18.2 Å². The van der Waals surface area contributed by atoms with Gasteiger partial charge in [0.2, 0.25) is 0 Å². The molecule has 1 aromatic rings. The molecule has 0 saturated heterocycles. The van der Waals surface area contributed by atoms with Gasteiger partial charge in [0.1, 0.15) is 5.78 Å². The van der Waals surface area contributed by atoms with E-state index in [4.69, 9.17) is 23.2 Å². The lowest BCUT2D eigenvalue weighted by molar-refractivity contribution is -0.116. The van der Waals surface area contributed by atoms with Crippen molar-refractivity contribution in [1.82, 2.24) is 0 Å². The van der Waals surface area contributed by atoms with E-state index in [-0.39, 0.29) is 5.78 Å². The molecule has 0 amide bonds. The first-order chi connectivity index (χ1) is 7.15. The highest BCUT2D eigenvalue weighted by Gasteiger charge is 2.10. The molecule has 0 saturated carbocycles. The van der Waals surface area contributed by atoms with E-state index in [1.54, 1.807) is 30.0 Å². The van der Waals surface area contributed by atoms with Gasteiger partial charge in [-0.3, -0.25) is 4.79 Å². The number of hydrogen-bond donors (Lipinski definition) is 0. The third-order valence-corrected chi connectivity index (χ3v) is 3.55. The molecule has 0 aliphatic carbocycles. The Hall–Kier alpha value is -0.180. The van der Waals surface area contributed by atoms with E-state index in [9.17, 15) is 4.79 Å². The van der Waals surface area contributed by atoms with Gasteiger partial charge < -0.3 is 0 Å². The lowest BCUT2D eigenvalue weighted by Gasteiger charge is -2.05. The first kappa shape index (κ1) is 12.9. The summed E-state index contributed by atoms with van der Waals surface area (Å²) >= 11 is 13.5. The Morgan fingerprint density at radius 1 is 1.33 bits per heavy atom. The maximum atomic E-state index is 11.5. The van der Waals surface area contributed by atoms with Crippen LogP contribution in [0.4, 0.5) is 0 Å². The lowest BCUT2D eigenvalue weighted by Crippen LogP contribution is -2.06. The summed E-state index contributed by atoms with van der Waals surface area (Å²) < 4.78 is 0. The number of rotatable bonds is 5. The van der Waals surface area contributed by atoms with Gasteiger partial charge in [0.25, 0.3) is 0 Å². The van der Waals surface area contributed by atoms with E-state index in [0.717, 1.165) is 11.3 Å². The molecule has 0 unspecified atom stereocenters. The van der Waals surface area contributed by atoms with Crippen LogP contribution in [0.1, 0.15) is 12.5 Å². The largest absolute Gasteiger partial charge is 0.298 e. The van der Waals surface area contributed by atoms with Crippen LogP contribution in [0, 0.1) is 0 Å². The van der Waals surface area contributed by atoms with E-state index in [1.807, 2.05) is 6.92 Å². The van der Waals surface area contributed by atoms with Crippen molar-refractivity contribution in [2.45, 2.75) is 13.3 Å². The van der Waals surface area contributed by atoms with E-state index in [0.29, 0.717) is 22.2 Å². The van der Waals surface area contributed by atoms with E-state index >= 15 is 0 Å². The zero-order chi connectivity index (χ0) is 11.3. The number of Topliss-reactive ketones (excluding diaryl/α,β-unsaturated/α-hetero) is 1. The fourth-order valence-electron chi connectivity index (χ4n) is 1.17. The Morgan fingerprint density at radius 2 is 1.93 bits per heavy atom. The first-order valence-electron chi connectivity index (χ1n) is 4.67. The standard InChI is InChI=1S/C11H12Cl2OS/c1-2-15-7-8(14)6-9-10(12)4-3-5-11(9)13/h3-5H,2,6-7H2,1H3. The number of carbonyl (C=O) groups is 1. The van der Waals surface area contributed by atoms with Gasteiger partial charge in [0, 0.05) is 16.5 Å². The molecule has 0 bridgehead atoms. The SMILES string of the molecule is CCSCC(=O)Cc1c(Cl)cccc1Cl. The molecule has 0 atom stereocenters. The van der Waals surface area contributed by atoms with Gasteiger partial charge in [0.15, 0.2) is 0 Å². The van der Waals surface area contributed by atoms with Crippen LogP contribution in [0.25, 0.3) is 0 Å². The van der Waals surface area contributed by atoms with Crippen molar-refractivity contribution in [3.05, 3.63) is 33.8 Å². The average Bonchev–Trinajstić information content (AvgIpc) is 2.21. The highest BCUT2D eigenvalue weighted by molar-refractivity contribution is 7.99. The normalized spacial score (nSPS) is 10.3. The fourth-order valence-corrected chi connectivity index (χ4v) is 2.23. The van der Waals surface area contributed by atoms with Crippen LogP contribution in [-0.2, 0) is 11.2 Å². The Labute approximate surface area is 104 Å². The summed E-state index contributed by atoms with van der Waals surface area (Å²) in [4.78, 5) is 11.5. The second kappa shape index (κ2) is 6.41. The van der Waals surface area contributed by atoms with E-state index in [1.165, 1.54) is 0 Å². The molecule has 82 valence electrons.